The number of carbonyl (C=O) groups is 1. The van der Waals surface area contributed by atoms with E-state index in [-0.39, 0.29) is 18.1 Å². The summed E-state index contributed by atoms with van der Waals surface area (Å²) in [7, 11) is 0. The zero-order valence-corrected chi connectivity index (χ0v) is 27.9. The molecule has 0 saturated heterocycles. The van der Waals surface area contributed by atoms with Gasteiger partial charge in [0.05, 0.1) is 19.8 Å². The van der Waals surface area contributed by atoms with E-state index in [1.54, 1.807) is 12.1 Å². The summed E-state index contributed by atoms with van der Waals surface area (Å²) in [6.45, 7) is 3.31. The number of carboxylic acids is 1. The Balaban J connectivity index is 1.16. The Morgan fingerprint density at radius 3 is 2.74 bits per heavy atom. The van der Waals surface area contributed by atoms with Gasteiger partial charge in [-0.15, -0.1) is 0 Å². The lowest BCUT2D eigenvalue weighted by Gasteiger charge is -2.47. The number of halogens is 1. The number of aliphatic hydroxyl groups is 1. The van der Waals surface area contributed by atoms with E-state index in [1.807, 2.05) is 24.4 Å². The van der Waals surface area contributed by atoms with E-state index in [1.165, 1.54) is 35.2 Å². The maximum atomic E-state index is 12.9. The normalized spacial score (nSPS) is 27.0. The first-order valence-corrected chi connectivity index (χ1v) is 17.6. The number of aliphatic carboxylic acids is 1. The fourth-order valence-electron chi connectivity index (χ4n) is 8.65. The van der Waals surface area contributed by atoms with Crippen LogP contribution in [0.15, 0.2) is 48.7 Å². The van der Waals surface area contributed by atoms with Crippen LogP contribution in [0.3, 0.4) is 0 Å². The minimum Gasteiger partial charge on any atom is -0.493 e. The van der Waals surface area contributed by atoms with Gasteiger partial charge in [-0.05, 0) is 129 Å². The van der Waals surface area contributed by atoms with Gasteiger partial charge in [-0.3, -0.25) is 4.98 Å². The highest BCUT2D eigenvalue weighted by Crippen LogP contribution is 2.58. The van der Waals surface area contributed by atoms with Crippen LogP contribution in [0.25, 0.3) is 0 Å². The predicted molar refractivity (Wildman–Crippen MR) is 181 cm³/mol. The van der Waals surface area contributed by atoms with Crippen molar-refractivity contribution in [3.05, 3.63) is 76.1 Å². The number of nitrogens with one attached hydrogen (secondary N) is 1. The van der Waals surface area contributed by atoms with E-state index >= 15 is 0 Å². The van der Waals surface area contributed by atoms with Gasteiger partial charge in [0.1, 0.15) is 17.4 Å². The molecule has 2 heterocycles. The molecule has 0 amide bonds. The summed E-state index contributed by atoms with van der Waals surface area (Å²) in [5.41, 5.74) is 4.34. The third-order valence-corrected chi connectivity index (χ3v) is 11.4. The minimum atomic E-state index is -1.09. The number of fused-ring (bicyclic) bond motifs is 4. The Kier molecular flexibility index (Phi) is 9.00. The van der Waals surface area contributed by atoms with Crippen molar-refractivity contribution in [1.82, 2.24) is 4.98 Å². The Morgan fingerprint density at radius 2 is 1.96 bits per heavy atom. The molecule has 7 rings (SSSR count). The highest BCUT2D eigenvalue weighted by molar-refractivity contribution is 6.30. The predicted octanol–water partition coefficient (Wildman–Crippen LogP) is 7.16. The monoisotopic (exact) mass is 660 g/mol. The fraction of sp³-hybridized carbons (Fsp3) is 0.526. The molecule has 1 aromatic heterocycles. The zero-order valence-electron chi connectivity index (χ0n) is 27.1. The van der Waals surface area contributed by atoms with Gasteiger partial charge in [-0.2, -0.15) is 0 Å². The van der Waals surface area contributed by atoms with Gasteiger partial charge in [0.25, 0.3) is 0 Å². The van der Waals surface area contributed by atoms with E-state index in [0.717, 1.165) is 50.0 Å². The van der Waals surface area contributed by atoms with Gasteiger partial charge >= 0.3 is 5.97 Å². The number of pyridine rings is 1. The summed E-state index contributed by atoms with van der Waals surface area (Å²) in [5.74, 6) is 2.13. The van der Waals surface area contributed by atoms with Crippen molar-refractivity contribution in [3.63, 3.8) is 0 Å². The van der Waals surface area contributed by atoms with Crippen molar-refractivity contribution in [1.29, 1.82) is 0 Å². The van der Waals surface area contributed by atoms with E-state index in [4.69, 9.17) is 25.8 Å². The molecule has 250 valence electrons. The summed E-state index contributed by atoms with van der Waals surface area (Å²) in [6.07, 6.45) is 10.8. The van der Waals surface area contributed by atoms with Crippen LogP contribution < -0.4 is 19.5 Å². The lowest BCUT2D eigenvalue weighted by Crippen LogP contribution is -2.53. The van der Waals surface area contributed by atoms with Crippen LogP contribution in [0, 0.1) is 11.8 Å². The smallest absolute Gasteiger partial charge is 0.329 e. The lowest BCUT2D eigenvalue weighted by molar-refractivity contribution is -0.144. The molecule has 2 aromatic carbocycles. The Hall–Kier alpha value is -3.49. The number of hydrogen-bond acceptors (Lipinski definition) is 7. The van der Waals surface area contributed by atoms with Crippen LogP contribution in [0.5, 0.6) is 17.2 Å². The Labute approximate surface area is 281 Å². The Morgan fingerprint density at radius 1 is 1.13 bits per heavy atom. The van der Waals surface area contributed by atoms with Gasteiger partial charge in [0.2, 0.25) is 0 Å². The molecule has 47 heavy (non-hydrogen) atoms. The number of rotatable bonds is 9. The average Bonchev–Trinajstić information content (AvgIpc) is 3.20. The second-order valence-corrected chi connectivity index (χ2v) is 14.6. The molecule has 3 N–H and O–H groups in total. The molecule has 1 fully saturated rings. The van der Waals surface area contributed by atoms with E-state index in [0.29, 0.717) is 60.8 Å². The molecule has 1 saturated carbocycles. The lowest BCUT2D eigenvalue weighted by atomic mass is 9.59. The minimum absolute atomic E-state index is 0.0673. The van der Waals surface area contributed by atoms with Crippen LogP contribution in [0.2, 0.25) is 5.02 Å². The number of hydrogen-bond donors (Lipinski definition) is 3. The number of benzene rings is 2. The highest BCUT2D eigenvalue weighted by atomic mass is 35.5. The second-order valence-electron chi connectivity index (χ2n) is 14.2. The largest absolute Gasteiger partial charge is 0.493 e. The quantitative estimate of drug-likeness (QED) is 0.222. The molecule has 2 unspecified atom stereocenters. The average molecular weight is 661 g/mol. The summed E-state index contributed by atoms with van der Waals surface area (Å²) < 4.78 is 18.9. The number of carboxylic acid groups (broad SMARTS) is 1. The molecule has 3 aliphatic carbocycles. The summed E-state index contributed by atoms with van der Waals surface area (Å²) in [4.78, 5) is 17.5. The molecule has 1 aliphatic heterocycles. The Bertz CT molecular complexity index is 1620. The maximum Gasteiger partial charge on any atom is 0.329 e. The van der Waals surface area contributed by atoms with E-state index < -0.39 is 11.5 Å². The number of ether oxygens (including phenoxy) is 3. The first-order chi connectivity index (χ1) is 22.8. The molecule has 0 radical (unpaired) electrons. The third kappa shape index (κ3) is 6.27. The third-order valence-electron chi connectivity index (χ3n) is 11.2. The van der Waals surface area contributed by atoms with Crippen molar-refractivity contribution in [2.75, 3.05) is 25.1 Å². The highest BCUT2D eigenvalue weighted by Gasteiger charge is 2.54. The number of aliphatic hydroxyl groups excluding tert-OH is 1. The summed E-state index contributed by atoms with van der Waals surface area (Å²) in [6, 6.07) is 13.6. The van der Waals surface area contributed by atoms with Crippen molar-refractivity contribution in [3.8, 4) is 17.2 Å². The molecular weight excluding hydrogens is 616 g/mol. The SMILES string of the molecule is C[C@@H](COc1ccnc2c1CCCC2)CC1Cc2cc3c(cc2C12CCC(Nc1cccc(Cl)c1)(C(=O)O)CC2)OC(CO)CCO3. The van der Waals surface area contributed by atoms with Crippen molar-refractivity contribution >= 4 is 23.3 Å². The van der Waals surface area contributed by atoms with Crippen molar-refractivity contribution < 1.29 is 29.2 Å². The van der Waals surface area contributed by atoms with Gasteiger partial charge in [0.15, 0.2) is 11.5 Å². The van der Waals surface area contributed by atoms with Gasteiger partial charge < -0.3 is 29.7 Å². The molecule has 0 bridgehead atoms. The van der Waals surface area contributed by atoms with Crippen LogP contribution >= 0.6 is 11.6 Å². The zero-order chi connectivity index (χ0) is 32.6. The molecule has 9 heteroatoms. The van der Waals surface area contributed by atoms with Gasteiger partial charge in [0, 0.05) is 34.6 Å². The van der Waals surface area contributed by atoms with Crippen molar-refractivity contribution in [2.45, 2.75) is 94.6 Å². The van der Waals surface area contributed by atoms with Crippen LogP contribution in [-0.2, 0) is 29.5 Å². The van der Waals surface area contributed by atoms with Crippen LogP contribution in [-0.4, -0.2) is 52.6 Å². The maximum absolute atomic E-state index is 12.9. The number of nitrogens with zero attached hydrogens (tertiary/aromatic N) is 1. The van der Waals surface area contributed by atoms with E-state index in [9.17, 15) is 15.0 Å². The van der Waals surface area contributed by atoms with E-state index in [2.05, 4.69) is 29.4 Å². The fourth-order valence-corrected chi connectivity index (χ4v) is 8.84. The first-order valence-electron chi connectivity index (χ1n) is 17.2. The van der Waals surface area contributed by atoms with Crippen molar-refractivity contribution in [2.24, 2.45) is 11.8 Å². The van der Waals surface area contributed by atoms with Gasteiger partial charge in [-0.25, -0.2) is 4.79 Å². The topological polar surface area (TPSA) is 110 Å². The molecule has 3 aromatic rings. The van der Waals surface area contributed by atoms with Crippen LogP contribution in [0.1, 0.15) is 80.7 Å². The molecule has 4 aliphatic rings. The standard InChI is InChI=1S/C38H45ClN2O6/c1-24(23-46-33-9-15-40-32-8-3-2-7-30(32)33)17-26-18-25-19-34-35(47-29(22-42)10-16-45-34)21-31(25)37(26)11-13-38(14-12-37,36(43)44)41-28-6-4-5-27(39)20-28/h4-6,9,15,19-21,24,26,29,41-42H,2-3,7-8,10-14,16-18,22-23H2,1H3,(H,43,44)/t24-,26?,29?,37?,38?/m1/s1. The molecule has 1 spiro atoms. The number of aromatic nitrogens is 1. The molecule has 8 nitrogen and oxygen atoms in total. The summed E-state index contributed by atoms with van der Waals surface area (Å²) in [5, 5.41) is 24.4. The first kappa shape index (κ1) is 32.1. The van der Waals surface area contributed by atoms with Crippen LogP contribution in [0.4, 0.5) is 5.69 Å². The second kappa shape index (κ2) is 13.2. The number of anilines is 1. The molecular formula is C38H45ClN2O6. The summed E-state index contributed by atoms with van der Waals surface area (Å²) >= 11 is 6.26. The molecule has 3 atom stereocenters. The number of aryl methyl sites for hydroxylation is 1. The van der Waals surface area contributed by atoms with Gasteiger partial charge in [-0.1, -0.05) is 24.6 Å².